The summed E-state index contributed by atoms with van der Waals surface area (Å²) in [6.45, 7) is 13.4. The van der Waals surface area contributed by atoms with Crippen molar-refractivity contribution in [2.24, 2.45) is 4.99 Å². The molecule has 0 fully saturated rings. The molecule has 192 valence electrons. The molecule has 1 aliphatic heterocycles. The number of hydrogen-bond acceptors (Lipinski definition) is 3. The van der Waals surface area contributed by atoms with Gasteiger partial charge in [0.25, 0.3) is 0 Å². The predicted octanol–water partition coefficient (Wildman–Crippen LogP) is 8.20. The number of imidazole rings is 2. The summed E-state index contributed by atoms with van der Waals surface area (Å²) in [6, 6.07) is 0. The van der Waals surface area contributed by atoms with Gasteiger partial charge in [-0.3, -0.25) is 4.99 Å². The van der Waals surface area contributed by atoms with E-state index in [1.165, 1.54) is 51.8 Å². The number of aromatic nitrogens is 4. The van der Waals surface area contributed by atoms with E-state index in [0.717, 1.165) is 26.9 Å². The summed E-state index contributed by atoms with van der Waals surface area (Å²) < 4.78 is 12.6. The molecule has 0 N–H and O–H groups in total. The molecule has 3 heterocycles. The third-order valence-electron chi connectivity index (χ3n) is 6.14. The van der Waals surface area contributed by atoms with E-state index in [0.29, 0.717) is 0 Å². The van der Waals surface area contributed by atoms with Gasteiger partial charge in [-0.2, -0.15) is 0 Å². The average molecular weight is 800 g/mol. The summed E-state index contributed by atoms with van der Waals surface area (Å²) in [6.07, 6.45) is 21.6. The van der Waals surface area contributed by atoms with Crippen LogP contribution >= 0.6 is 45.2 Å². The molecule has 1 aliphatic rings. The second kappa shape index (κ2) is 19.2. The van der Waals surface area contributed by atoms with Crippen LogP contribution in [-0.4, -0.2) is 43.7 Å². The molecule has 8 heteroatoms. The van der Waals surface area contributed by atoms with Gasteiger partial charge in [-0.05, 0) is 58.2 Å². The van der Waals surface area contributed by atoms with Crippen LogP contribution in [0.4, 0.5) is 0 Å². The SMILES string of the molecule is CCC[CH2][Sn]([CH2]CCC)([CH2]CCC)[c]1cn(CC)cn1.CCn1cnc(I)c1.IC1=CCC=N1. The maximum Gasteiger partial charge on any atom is 0.119 e. The molecule has 0 aliphatic carbocycles. The number of unbranched alkanes of at least 4 members (excludes halogenated alkanes) is 3. The molecule has 0 spiro atoms. The number of aryl methyl sites for hydroxylation is 2. The summed E-state index contributed by atoms with van der Waals surface area (Å²) in [4.78, 5) is 12.9. The van der Waals surface area contributed by atoms with Gasteiger partial charge < -0.3 is 4.57 Å². The normalized spacial score (nSPS) is 12.6. The van der Waals surface area contributed by atoms with Gasteiger partial charge in [0.05, 0.1) is 10.0 Å². The monoisotopic (exact) mass is 801 g/mol. The van der Waals surface area contributed by atoms with E-state index in [4.69, 9.17) is 4.98 Å². The van der Waals surface area contributed by atoms with Gasteiger partial charge in [0, 0.05) is 25.4 Å². The molecular formula is C26H45I2N5Sn. The summed E-state index contributed by atoms with van der Waals surface area (Å²) >= 11 is 2.16. The summed E-state index contributed by atoms with van der Waals surface area (Å²) in [7, 11) is 0. The Morgan fingerprint density at radius 3 is 1.62 bits per heavy atom. The van der Waals surface area contributed by atoms with E-state index in [1.807, 2.05) is 23.3 Å². The first-order valence-corrected chi connectivity index (χ1v) is 22.7. The molecule has 2 aromatic rings. The van der Waals surface area contributed by atoms with Crippen LogP contribution in [0.15, 0.2) is 39.8 Å². The average Bonchev–Trinajstić information content (AvgIpc) is 3.62. The van der Waals surface area contributed by atoms with E-state index in [9.17, 15) is 0 Å². The number of halogens is 2. The molecule has 2 aromatic heterocycles. The Hall–Kier alpha value is 0.0887. The summed E-state index contributed by atoms with van der Waals surface area (Å²) in [5, 5.41) is 0. The Morgan fingerprint density at radius 2 is 1.32 bits per heavy atom. The minimum atomic E-state index is -2.23. The number of hydrogen-bond donors (Lipinski definition) is 0. The van der Waals surface area contributed by atoms with Gasteiger partial charge in [-0.15, -0.1) is 0 Å². The Morgan fingerprint density at radius 1 is 0.794 bits per heavy atom. The van der Waals surface area contributed by atoms with Gasteiger partial charge >= 0.3 is 130 Å². The van der Waals surface area contributed by atoms with Crippen molar-refractivity contribution in [1.82, 2.24) is 19.1 Å². The van der Waals surface area contributed by atoms with Gasteiger partial charge in [0.2, 0.25) is 0 Å². The Balaban J connectivity index is 0.000000332. The van der Waals surface area contributed by atoms with Crippen molar-refractivity contribution in [3.63, 3.8) is 0 Å². The molecule has 0 atom stereocenters. The molecule has 0 saturated heterocycles. The number of aliphatic imine (C=N–C) groups is 1. The topological polar surface area (TPSA) is 48.0 Å². The molecule has 0 bridgehead atoms. The molecular weight excluding hydrogens is 755 g/mol. The van der Waals surface area contributed by atoms with Crippen LogP contribution in [0.5, 0.6) is 0 Å². The molecule has 0 radical (unpaired) electrons. The molecule has 0 amide bonds. The fourth-order valence-electron chi connectivity index (χ4n) is 3.96. The van der Waals surface area contributed by atoms with E-state index in [-0.39, 0.29) is 0 Å². The standard InChI is InChI=1S/C5H7IN2.C5H7N2.C4H4IN.3C4H9.Sn/c1-2-8-3-5(6)7-4-8;1-2-7-4-3-6-5-7;5-4-2-1-3-6-4;3*1-3-4-2;/h3-4H,2H2,1H3;4-5H,2H2,1H3;2-3H,1H2;3*1,3-4H2,2H3;. The summed E-state index contributed by atoms with van der Waals surface area (Å²) in [5.41, 5.74) is 0. The minimum absolute atomic E-state index is 1.01. The Bertz CT molecular complexity index is 819. The third kappa shape index (κ3) is 12.4. The molecule has 34 heavy (non-hydrogen) atoms. The van der Waals surface area contributed by atoms with Crippen LogP contribution in [-0.2, 0) is 13.1 Å². The van der Waals surface area contributed by atoms with Crippen LogP contribution in [0.25, 0.3) is 0 Å². The molecule has 0 aromatic carbocycles. The molecule has 3 rings (SSSR count). The zero-order valence-electron chi connectivity index (χ0n) is 21.9. The van der Waals surface area contributed by atoms with Crippen LogP contribution in [0, 0.1) is 3.70 Å². The van der Waals surface area contributed by atoms with Crippen molar-refractivity contribution in [3.05, 3.63) is 38.5 Å². The number of rotatable bonds is 12. The fraction of sp³-hybridized carbons (Fsp3) is 0.654. The van der Waals surface area contributed by atoms with Crippen molar-refractivity contribution < 1.29 is 0 Å². The zero-order chi connectivity index (χ0) is 25.2. The minimum Gasteiger partial charge on any atom is -0.337 e. The molecule has 5 nitrogen and oxygen atoms in total. The van der Waals surface area contributed by atoms with Crippen LogP contribution in [0.2, 0.25) is 13.3 Å². The van der Waals surface area contributed by atoms with E-state index in [2.05, 4.69) is 113 Å². The van der Waals surface area contributed by atoms with Crippen molar-refractivity contribution in [2.75, 3.05) is 0 Å². The fourth-order valence-corrected chi connectivity index (χ4v) is 20.3. The third-order valence-corrected chi connectivity index (χ3v) is 22.5. The van der Waals surface area contributed by atoms with Crippen molar-refractivity contribution in [3.8, 4) is 0 Å². The van der Waals surface area contributed by atoms with Crippen molar-refractivity contribution in [2.45, 2.75) is 106 Å². The predicted molar refractivity (Wildman–Crippen MR) is 168 cm³/mol. The quantitative estimate of drug-likeness (QED) is 0.124. The maximum absolute atomic E-state index is 4.87. The van der Waals surface area contributed by atoms with Gasteiger partial charge in [0.15, 0.2) is 0 Å². The second-order valence-corrected chi connectivity index (χ2v) is 24.0. The number of nitrogens with zero attached hydrogens (tertiary/aromatic N) is 5. The van der Waals surface area contributed by atoms with Crippen LogP contribution < -0.4 is 3.71 Å². The summed E-state index contributed by atoms with van der Waals surface area (Å²) in [5.74, 6) is 0. The van der Waals surface area contributed by atoms with E-state index < -0.39 is 18.4 Å². The number of allylic oxidation sites excluding steroid dienone is 1. The second-order valence-electron chi connectivity index (χ2n) is 8.78. The zero-order valence-corrected chi connectivity index (χ0v) is 29.1. The largest absolute Gasteiger partial charge is 0.337 e. The molecule has 0 unspecified atom stereocenters. The van der Waals surface area contributed by atoms with Gasteiger partial charge in [-0.1, -0.05) is 0 Å². The van der Waals surface area contributed by atoms with Crippen LogP contribution in [0.1, 0.15) is 79.6 Å². The van der Waals surface area contributed by atoms with Crippen LogP contribution in [0.3, 0.4) is 0 Å². The van der Waals surface area contributed by atoms with E-state index in [1.54, 1.807) is 3.71 Å². The van der Waals surface area contributed by atoms with Crippen molar-refractivity contribution >= 4 is 73.5 Å². The molecule has 0 saturated carbocycles. The van der Waals surface area contributed by atoms with Crippen molar-refractivity contribution in [1.29, 1.82) is 0 Å². The Labute approximate surface area is 239 Å². The van der Waals surface area contributed by atoms with E-state index >= 15 is 0 Å². The first kappa shape index (κ1) is 32.1. The Kier molecular flexibility index (Phi) is 18.2. The smallest absolute Gasteiger partial charge is 0.119 e. The van der Waals surface area contributed by atoms with Gasteiger partial charge in [0.1, 0.15) is 3.70 Å². The first-order valence-electron chi connectivity index (χ1n) is 13.0. The first-order chi connectivity index (χ1) is 16.4. The van der Waals surface area contributed by atoms with Gasteiger partial charge in [-0.25, -0.2) is 4.98 Å². The maximum atomic E-state index is 4.87.